The lowest BCUT2D eigenvalue weighted by atomic mass is 9.43. The molecule has 140 valence electrons. The molecular weight excluding hydrogens is 336 g/mol. The number of epoxide rings is 1. The predicted octanol–water partition coefficient (Wildman–Crippen LogP) is 2.41. The van der Waals surface area contributed by atoms with Crippen LogP contribution in [0.3, 0.4) is 0 Å². The average molecular weight is 360 g/mol. The van der Waals surface area contributed by atoms with Gasteiger partial charge in [0.1, 0.15) is 17.5 Å². The molecule has 6 nitrogen and oxygen atoms in total. The molecule has 2 aliphatic carbocycles. The summed E-state index contributed by atoms with van der Waals surface area (Å²) >= 11 is 0. The van der Waals surface area contributed by atoms with Crippen molar-refractivity contribution in [2.75, 3.05) is 13.2 Å². The number of ether oxygens (including phenoxy) is 2. The fourth-order valence-electron chi connectivity index (χ4n) is 6.34. The lowest BCUT2D eigenvalue weighted by Crippen LogP contribution is -2.66. The number of hydrogen-bond donors (Lipinski definition) is 1. The Balaban J connectivity index is 1.62. The lowest BCUT2D eigenvalue weighted by Gasteiger charge is -2.57. The summed E-state index contributed by atoms with van der Waals surface area (Å²) in [6.45, 7) is 2.22. The van der Waals surface area contributed by atoms with E-state index in [1.54, 1.807) is 12.5 Å². The molecule has 2 saturated heterocycles. The van der Waals surface area contributed by atoms with Crippen LogP contribution in [0.2, 0.25) is 0 Å². The largest absolute Gasteiger partial charge is 0.472 e. The highest BCUT2D eigenvalue weighted by Gasteiger charge is 2.77. The summed E-state index contributed by atoms with van der Waals surface area (Å²) in [6.07, 6.45) is 6.08. The van der Waals surface area contributed by atoms with Gasteiger partial charge in [-0.1, -0.05) is 13.3 Å². The summed E-state index contributed by atoms with van der Waals surface area (Å²) < 4.78 is 16.8. The molecule has 1 aromatic rings. The number of furan rings is 1. The number of esters is 1. The predicted molar refractivity (Wildman–Crippen MR) is 88.9 cm³/mol. The Kier molecular flexibility index (Phi) is 3.30. The second kappa shape index (κ2) is 5.20. The number of ketones is 1. The summed E-state index contributed by atoms with van der Waals surface area (Å²) in [6, 6.07) is 1.82. The summed E-state index contributed by atoms with van der Waals surface area (Å²) in [4.78, 5) is 26.4. The fraction of sp³-hybridized carbons (Fsp3) is 0.700. The molecule has 1 N–H and O–H groups in total. The molecule has 2 aliphatic heterocycles. The van der Waals surface area contributed by atoms with Crippen LogP contribution in [0.15, 0.2) is 23.0 Å². The number of carbonyl (C=O) groups is 2. The standard InChI is InChI=1S/C20H24O6/c1-12-7-16(22)20(10-21)15(3-2-5-18(20)11-25-18)19(12)8-14(26-17(19)23)13-4-6-24-9-13/h4,6,9,12,14-15,21H,2-3,5,7-8,10-11H2,1H3/t12-,14+,15-,18+,19-,20-/m1/s1. The topological polar surface area (TPSA) is 89.3 Å². The highest BCUT2D eigenvalue weighted by Crippen LogP contribution is 2.69. The lowest BCUT2D eigenvalue weighted by molar-refractivity contribution is -0.184. The second-order valence-electron chi connectivity index (χ2n) is 8.58. The highest BCUT2D eigenvalue weighted by molar-refractivity contribution is 5.93. The maximum atomic E-state index is 13.2. The third-order valence-electron chi connectivity index (χ3n) is 7.78. The zero-order valence-electron chi connectivity index (χ0n) is 14.9. The van der Waals surface area contributed by atoms with E-state index >= 15 is 0 Å². The van der Waals surface area contributed by atoms with Gasteiger partial charge in [-0.15, -0.1) is 0 Å². The Hall–Kier alpha value is -1.66. The Morgan fingerprint density at radius 1 is 1.35 bits per heavy atom. The SMILES string of the molecule is C[C@@H]1CC(=O)[C@@]2(CO)[C@H](CCC[C@]23CO3)[C@@]12C[C@@H](c1ccoc1)OC2=O. The van der Waals surface area contributed by atoms with Gasteiger partial charge in [-0.3, -0.25) is 9.59 Å². The van der Waals surface area contributed by atoms with Crippen LogP contribution in [-0.4, -0.2) is 35.7 Å². The van der Waals surface area contributed by atoms with Crippen molar-refractivity contribution in [3.63, 3.8) is 0 Å². The van der Waals surface area contributed by atoms with Gasteiger partial charge in [-0.2, -0.15) is 0 Å². The first kappa shape index (κ1) is 16.5. The van der Waals surface area contributed by atoms with Crippen molar-refractivity contribution in [3.05, 3.63) is 24.2 Å². The molecule has 0 amide bonds. The van der Waals surface area contributed by atoms with Crippen molar-refractivity contribution < 1.29 is 28.6 Å². The maximum absolute atomic E-state index is 13.2. The molecule has 0 aromatic carbocycles. The third kappa shape index (κ3) is 1.75. The minimum atomic E-state index is -0.970. The molecule has 3 heterocycles. The summed E-state index contributed by atoms with van der Waals surface area (Å²) in [7, 11) is 0. The molecule has 2 saturated carbocycles. The van der Waals surface area contributed by atoms with Gasteiger partial charge in [0.25, 0.3) is 0 Å². The van der Waals surface area contributed by atoms with Gasteiger partial charge < -0.3 is 19.0 Å². The number of aliphatic hydroxyl groups is 1. The van der Waals surface area contributed by atoms with Crippen molar-refractivity contribution in [2.24, 2.45) is 22.7 Å². The van der Waals surface area contributed by atoms with Gasteiger partial charge in [-0.25, -0.2) is 0 Å². The van der Waals surface area contributed by atoms with E-state index in [0.29, 0.717) is 13.0 Å². The molecule has 6 heteroatoms. The quantitative estimate of drug-likeness (QED) is 0.643. The Morgan fingerprint density at radius 3 is 2.81 bits per heavy atom. The van der Waals surface area contributed by atoms with Crippen LogP contribution < -0.4 is 0 Å². The Bertz CT molecular complexity index is 750. The number of carbonyl (C=O) groups excluding carboxylic acids is 2. The van der Waals surface area contributed by atoms with E-state index in [1.807, 2.05) is 13.0 Å². The van der Waals surface area contributed by atoms with E-state index in [9.17, 15) is 14.7 Å². The average Bonchev–Trinajstić information content (AvgIpc) is 3.07. The van der Waals surface area contributed by atoms with Crippen molar-refractivity contribution in [1.29, 1.82) is 0 Å². The number of Topliss-reactive ketones (excluding diaryl/α,β-unsaturated/α-hetero) is 1. The molecule has 0 unspecified atom stereocenters. The van der Waals surface area contributed by atoms with Crippen LogP contribution >= 0.6 is 0 Å². The summed E-state index contributed by atoms with van der Waals surface area (Å²) in [5, 5.41) is 10.4. The molecule has 4 aliphatic rings. The van der Waals surface area contributed by atoms with Crippen molar-refractivity contribution >= 4 is 11.8 Å². The minimum absolute atomic E-state index is 0.0555. The van der Waals surface area contributed by atoms with Gasteiger partial charge in [0, 0.05) is 18.4 Å². The molecular formula is C20H24O6. The third-order valence-corrected chi connectivity index (χ3v) is 7.78. The van der Waals surface area contributed by atoms with Crippen LogP contribution in [0.5, 0.6) is 0 Å². The molecule has 0 radical (unpaired) electrons. The van der Waals surface area contributed by atoms with Crippen molar-refractivity contribution in [2.45, 2.75) is 50.7 Å². The zero-order chi connectivity index (χ0) is 18.2. The zero-order valence-corrected chi connectivity index (χ0v) is 14.9. The first-order valence-corrected chi connectivity index (χ1v) is 9.51. The molecule has 2 spiro atoms. The molecule has 6 atom stereocenters. The van der Waals surface area contributed by atoms with Crippen molar-refractivity contribution in [3.8, 4) is 0 Å². The highest BCUT2D eigenvalue weighted by atomic mass is 16.6. The smallest absolute Gasteiger partial charge is 0.313 e. The maximum Gasteiger partial charge on any atom is 0.313 e. The van der Waals surface area contributed by atoms with Gasteiger partial charge in [-0.05, 0) is 30.7 Å². The summed E-state index contributed by atoms with van der Waals surface area (Å²) in [5.74, 6) is -0.529. The fourth-order valence-corrected chi connectivity index (χ4v) is 6.34. The molecule has 0 bridgehead atoms. The van der Waals surface area contributed by atoms with Gasteiger partial charge in [0.15, 0.2) is 0 Å². The van der Waals surface area contributed by atoms with Crippen LogP contribution in [0, 0.1) is 22.7 Å². The van der Waals surface area contributed by atoms with Crippen LogP contribution in [-0.2, 0) is 19.1 Å². The van der Waals surface area contributed by atoms with Gasteiger partial charge >= 0.3 is 5.97 Å². The first-order chi connectivity index (χ1) is 12.5. The van der Waals surface area contributed by atoms with E-state index in [-0.39, 0.29) is 42.7 Å². The molecule has 1 aromatic heterocycles. The number of rotatable bonds is 2. The van der Waals surface area contributed by atoms with E-state index in [1.165, 1.54) is 0 Å². The number of hydrogen-bond acceptors (Lipinski definition) is 6. The second-order valence-corrected chi connectivity index (χ2v) is 8.58. The number of fused-ring (bicyclic) bond motifs is 3. The number of cyclic esters (lactones) is 1. The minimum Gasteiger partial charge on any atom is -0.472 e. The monoisotopic (exact) mass is 360 g/mol. The summed E-state index contributed by atoms with van der Waals surface area (Å²) in [5.41, 5.74) is -1.45. The Morgan fingerprint density at radius 2 is 2.15 bits per heavy atom. The van der Waals surface area contributed by atoms with Crippen LogP contribution in [0.4, 0.5) is 0 Å². The molecule has 26 heavy (non-hydrogen) atoms. The van der Waals surface area contributed by atoms with Crippen molar-refractivity contribution in [1.82, 2.24) is 0 Å². The van der Waals surface area contributed by atoms with E-state index in [4.69, 9.17) is 13.9 Å². The van der Waals surface area contributed by atoms with Crippen LogP contribution in [0.1, 0.15) is 50.7 Å². The van der Waals surface area contributed by atoms with E-state index in [0.717, 1.165) is 24.8 Å². The van der Waals surface area contributed by atoms with Gasteiger partial charge in [0.2, 0.25) is 0 Å². The van der Waals surface area contributed by atoms with E-state index < -0.39 is 16.4 Å². The van der Waals surface area contributed by atoms with E-state index in [2.05, 4.69) is 0 Å². The van der Waals surface area contributed by atoms with Crippen LogP contribution in [0.25, 0.3) is 0 Å². The Labute approximate surface area is 151 Å². The number of aliphatic hydroxyl groups excluding tert-OH is 1. The van der Waals surface area contributed by atoms with Gasteiger partial charge in [0.05, 0.1) is 36.6 Å². The molecule has 4 fully saturated rings. The normalized spacial score (nSPS) is 47.2. The first-order valence-electron chi connectivity index (χ1n) is 9.51. The molecule has 5 rings (SSSR count).